The van der Waals surface area contributed by atoms with Crippen LogP contribution in [-0.4, -0.2) is 48.6 Å². The quantitative estimate of drug-likeness (QED) is 0.326. The Kier molecular flexibility index (Phi) is 7.35. The Morgan fingerprint density at radius 3 is 2.73 bits per heavy atom. The van der Waals surface area contributed by atoms with Crippen LogP contribution in [0.25, 0.3) is 11.0 Å². The number of carboxylic acids is 1. The summed E-state index contributed by atoms with van der Waals surface area (Å²) in [7, 11) is 1.85. The predicted molar refractivity (Wildman–Crippen MR) is 151 cm³/mol. The molecule has 0 saturated heterocycles. The van der Waals surface area contributed by atoms with Crippen molar-refractivity contribution >= 4 is 17.0 Å². The highest BCUT2D eigenvalue weighted by atomic mass is 19.1. The molecule has 0 fully saturated rings. The molecule has 0 saturated carbocycles. The van der Waals surface area contributed by atoms with E-state index in [0.717, 1.165) is 50.8 Å². The van der Waals surface area contributed by atoms with Crippen molar-refractivity contribution in [3.63, 3.8) is 0 Å². The first-order chi connectivity index (χ1) is 19.0. The first-order valence-corrected chi connectivity index (χ1v) is 13.6. The number of rotatable bonds is 7. The fourth-order valence-electron chi connectivity index (χ4n) is 5.79. The molecule has 210 valence electrons. The van der Waals surface area contributed by atoms with Crippen molar-refractivity contribution in [1.29, 1.82) is 0 Å². The predicted octanol–water partition coefficient (Wildman–Crippen LogP) is 5.54. The SMILES string of the molecule is CC[C@@H]1CN(Cc2cc([C@@H](c3ccc4c(nnn4C)c3C)C(C)(C)C(=O)O)ccc2C)Cc2cncc(F)c2O1. The van der Waals surface area contributed by atoms with Crippen molar-refractivity contribution in [3.05, 3.63) is 81.9 Å². The Morgan fingerprint density at radius 1 is 1.23 bits per heavy atom. The molecule has 2 atom stereocenters. The Balaban J connectivity index is 1.56. The lowest BCUT2D eigenvalue weighted by atomic mass is 9.69. The molecule has 1 aliphatic rings. The van der Waals surface area contributed by atoms with E-state index in [4.69, 9.17) is 4.74 Å². The summed E-state index contributed by atoms with van der Waals surface area (Å²) in [6, 6.07) is 10.2. The van der Waals surface area contributed by atoms with Crippen LogP contribution in [0.3, 0.4) is 0 Å². The van der Waals surface area contributed by atoms with Gasteiger partial charge in [-0.15, -0.1) is 5.10 Å². The normalized spacial score (nSPS) is 16.8. The van der Waals surface area contributed by atoms with Gasteiger partial charge in [0, 0.05) is 44.4 Å². The van der Waals surface area contributed by atoms with Crippen LogP contribution in [0.15, 0.2) is 42.7 Å². The average Bonchev–Trinajstić information content (AvgIpc) is 3.18. The lowest BCUT2D eigenvalue weighted by Crippen LogP contribution is -2.33. The molecule has 1 aliphatic heterocycles. The van der Waals surface area contributed by atoms with Crippen molar-refractivity contribution in [2.75, 3.05) is 6.54 Å². The first kappa shape index (κ1) is 27.7. The van der Waals surface area contributed by atoms with Crippen LogP contribution in [-0.2, 0) is 24.9 Å². The van der Waals surface area contributed by atoms with E-state index in [2.05, 4.69) is 39.3 Å². The van der Waals surface area contributed by atoms with E-state index >= 15 is 0 Å². The van der Waals surface area contributed by atoms with Crippen molar-refractivity contribution in [2.24, 2.45) is 12.5 Å². The van der Waals surface area contributed by atoms with E-state index < -0.39 is 23.1 Å². The van der Waals surface area contributed by atoms with Gasteiger partial charge in [-0.1, -0.05) is 36.4 Å². The minimum Gasteiger partial charge on any atom is -0.486 e. The van der Waals surface area contributed by atoms with Crippen LogP contribution in [0.1, 0.15) is 66.5 Å². The zero-order valence-corrected chi connectivity index (χ0v) is 23.9. The molecular weight excluding hydrogens is 509 g/mol. The number of nitrogens with zero attached hydrogens (tertiary/aromatic N) is 5. The van der Waals surface area contributed by atoms with Crippen LogP contribution < -0.4 is 4.74 Å². The summed E-state index contributed by atoms with van der Waals surface area (Å²) in [5.74, 6) is -1.45. The van der Waals surface area contributed by atoms with Crippen molar-refractivity contribution in [3.8, 4) is 5.75 Å². The number of hydrogen-bond acceptors (Lipinski definition) is 6. The maximum Gasteiger partial charge on any atom is 0.310 e. The van der Waals surface area contributed by atoms with Gasteiger partial charge in [-0.3, -0.25) is 14.7 Å². The van der Waals surface area contributed by atoms with Crippen molar-refractivity contribution in [1.82, 2.24) is 24.9 Å². The number of fused-ring (bicyclic) bond motifs is 2. The maximum atomic E-state index is 14.5. The molecule has 2 aromatic carbocycles. The van der Waals surface area contributed by atoms with Gasteiger partial charge >= 0.3 is 5.97 Å². The second-order valence-electron chi connectivity index (χ2n) is 11.4. The van der Waals surface area contributed by atoms with E-state index in [1.807, 2.05) is 39.1 Å². The lowest BCUT2D eigenvalue weighted by molar-refractivity contribution is -0.147. The molecule has 2 aromatic heterocycles. The van der Waals surface area contributed by atoms with Gasteiger partial charge in [0.05, 0.1) is 17.1 Å². The fourth-order valence-corrected chi connectivity index (χ4v) is 5.79. The number of halogens is 1. The van der Waals surface area contributed by atoms with Gasteiger partial charge in [-0.25, -0.2) is 9.07 Å². The molecule has 4 aromatic rings. The van der Waals surface area contributed by atoms with E-state index in [-0.39, 0.29) is 11.9 Å². The monoisotopic (exact) mass is 545 g/mol. The summed E-state index contributed by atoms with van der Waals surface area (Å²) >= 11 is 0. The van der Waals surface area contributed by atoms with E-state index in [1.54, 1.807) is 24.7 Å². The third kappa shape index (κ3) is 4.94. The average molecular weight is 546 g/mol. The van der Waals surface area contributed by atoms with Crippen molar-refractivity contribution < 1.29 is 19.0 Å². The van der Waals surface area contributed by atoms with Crippen LogP contribution in [0.4, 0.5) is 4.39 Å². The largest absolute Gasteiger partial charge is 0.486 e. The van der Waals surface area contributed by atoms with Crippen LogP contribution in [0.5, 0.6) is 5.75 Å². The topological polar surface area (TPSA) is 93.4 Å². The van der Waals surface area contributed by atoms with Gasteiger partial charge in [0.25, 0.3) is 0 Å². The fraction of sp³-hybridized carbons (Fsp3) is 0.419. The summed E-state index contributed by atoms with van der Waals surface area (Å²) in [6.07, 6.45) is 3.46. The second-order valence-corrected chi connectivity index (χ2v) is 11.4. The summed E-state index contributed by atoms with van der Waals surface area (Å²) in [4.78, 5) is 18.9. The number of carbonyl (C=O) groups is 1. The Bertz CT molecular complexity index is 1580. The number of aryl methyl sites for hydroxylation is 3. The standard InChI is InChI=1S/C31H36FN5O3/c1-7-23-17-37(16-22-13-33-14-25(32)29(22)40-23)15-21-12-20(9-8-18(21)2)27(31(4,5)30(38)39)24-10-11-26-28(19(24)3)34-35-36(26)6/h8-14,23,27H,7,15-17H2,1-6H3,(H,38,39)/t23-,27+/m1/s1. The van der Waals surface area contributed by atoms with Gasteiger partial charge in [0.2, 0.25) is 0 Å². The number of aliphatic carboxylic acids is 1. The smallest absolute Gasteiger partial charge is 0.310 e. The highest BCUT2D eigenvalue weighted by Gasteiger charge is 2.40. The molecule has 0 unspecified atom stereocenters. The summed E-state index contributed by atoms with van der Waals surface area (Å²) in [6.45, 7) is 11.4. The lowest BCUT2D eigenvalue weighted by Gasteiger charge is -2.33. The summed E-state index contributed by atoms with van der Waals surface area (Å²) in [5.41, 5.74) is 6.25. The van der Waals surface area contributed by atoms with Gasteiger partial charge < -0.3 is 9.84 Å². The molecule has 0 radical (unpaired) electrons. The zero-order valence-electron chi connectivity index (χ0n) is 23.9. The molecule has 1 N–H and O–H groups in total. The van der Waals surface area contributed by atoms with Gasteiger partial charge in [-0.2, -0.15) is 0 Å². The molecule has 0 amide bonds. The third-order valence-electron chi connectivity index (χ3n) is 8.29. The van der Waals surface area contributed by atoms with Crippen LogP contribution in [0, 0.1) is 25.1 Å². The molecule has 0 spiro atoms. The Labute approximate surface area is 233 Å². The number of hydrogen-bond donors (Lipinski definition) is 1. The van der Waals surface area contributed by atoms with Gasteiger partial charge in [0.15, 0.2) is 11.6 Å². The summed E-state index contributed by atoms with van der Waals surface area (Å²) in [5, 5.41) is 18.9. The molecule has 9 heteroatoms. The number of pyridine rings is 1. The first-order valence-electron chi connectivity index (χ1n) is 13.6. The Hall–Kier alpha value is -3.85. The molecule has 40 heavy (non-hydrogen) atoms. The highest BCUT2D eigenvalue weighted by molar-refractivity contribution is 5.81. The number of carboxylic acid groups (broad SMARTS) is 1. The maximum absolute atomic E-state index is 14.5. The third-order valence-corrected chi connectivity index (χ3v) is 8.29. The zero-order chi connectivity index (χ0) is 28.8. The van der Waals surface area contributed by atoms with E-state index in [1.165, 1.54) is 6.20 Å². The number of aromatic nitrogens is 4. The van der Waals surface area contributed by atoms with Gasteiger partial charge in [-0.05, 0) is 68.0 Å². The molecule has 0 aliphatic carbocycles. The number of benzene rings is 2. The van der Waals surface area contributed by atoms with E-state index in [9.17, 15) is 14.3 Å². The summed E-state index contributed by atoms with van der Waals surface area (Å²) < 4.78 is 22.3. The van der Waals surface area contributed by atoms with E-state index in [0.29, 0.717) is 19.6 Å². The number of ether oxygens (including phenoxy) is 1. The molecule has 0 bridgehead atoms. The minimum atomic E-state index is -1.10. The molecule has 3 heterocycles. The highest BCUT2D eigenvalue weighted by Crippen LogP contribution is 2.44. The second kappa shape index (κ2) is 10.6. The van der Waals surface area contributed by atoms with Crippen LogP contribution >= 0.6 is 0 Å². The minimum absolute atomic E-state index is 0.151. The van der Waals surface area contributed by atoms with Crippen LogP contribution in [0.2, 0.25) is 0 Å². The molecule has 5 rings (SSSR count). The Morgan fingerprint density at radius 2 is 2.00 bits per heavy atom. The molecule has 8 nitrogen and oxygen atoms in total. The van der Waals surface area contributed by atoms with Gasteiger partial charge in [0.1, 0.15) is 11.6 Å². The molecular formula is C31H36FN5O3. The van der Waals surface area contributed by atoms with Crippen molar-refractivity contribution in [2.45, 2.75) is 66.2 Å².